The fraction of sp³-hybridized carbons (Fsp3) is 0.214. The minimum Gasteiger partial charge on any atom is -0.488 e. The van der Waals surface area contributed by atoms with E-state index in [4.69, 9.17) is 22.1 Å². The first kappa shape index (κ1) is 13.8. The normalized spacial score (nSPS) is 12.2. The van der Waals surface area contributed by atoms with Crippen LogP contribution in [0.5, 0.6) is 5.75 Å². The summed E-state index contributed by atoms with van der Waals surface area (Å²) in [6, 6.07) is 5.85. The van der Waals surface area contributed by atoms with Crippen LogP contribution in [0.15, 0.2) is 36.7 Å². The molecule has 0 aliphatic carbocycles. The van der Waals surface area contributed by atoms with Gasteiger partial charge in [0.25, 0.3) is 0 Å². The van der Waals surface area contributed by atoms with Crippen molar-refractivity contribution in [2.45, 2.75) is 19.6 Å². The zero-order valence-corrected chi connectivity index (χ0v) is 11.2. The molecule has 5 heteroatoms. The molecule has 2 aromatic rings. The molecule has 2 rings (SSSR count). The average Bonchev–Trinajstić information content (AvgIpc) is 2.37. The Hall–Kier alpha value is -1.65. The average molecular weight is 281 g/mol. The van der Waals surface area contributed by atoms with Gasteiger partial charge in [0.2, 0.25) is 0 Å². The van der Waals surface area contributed by atoms with Crippen LogP contribution in [0, 0.1) is 5.82 Å². The van der Waals surface area contributed by atoms with Crippen LogP contribution >= 0.6 is 11.6 Å². The van der Waals surface area contributed by atoms with Crippen LogP contribution in [0.4, 0.5) is 4.39 Å². The Kier molecular flexibility index (Phi) is 4.35. The predicted octanol–water partition coefficient (Wildman–Crippen LogP) is 3.47. The van der Waals surface area contributed by atoms with Crippen molar-refractivity contribution in [1.82, 2.24) is 4.98 Å². The van der Waals surface area contributed by atoms with E-state index in [0.717, 1.165) is 11.1 Å². The summed E-state index contributed by atoms with van der Waals surface area (Å²) < 4.78 is 18.9. The fourth-order valence-electron chi connectivity index (χ4n) is 1.69. The second kappa shape index (κ2) is 5.99. The van der Waals surface area contributed by atoms with Gasteiger partial charge in [-0.25, -0.2) is 4.39 Å². The number of aromatic nitrogens is 1. The molecule has 1 aromatic carbocycles. The van der Waals surface area contributed by atoms with Gasteiger partial charge < -0.3 is 10.5 Å². The van der Waals surface area contributed by atoms with Crippen LogP contribution in [0.1, 0.15) is 24.1 Å². The molecule has 1 aromatic heterocycles. The second-order valence-corrected chi connectivity index (χ2v) is 4.63. The lowest BCUT2D eigenvalue weighted by Crippen LogP contribution is -2.08. The number of hydrogen-bond donors (Lipinski definition) is 1. The van der Waals surface area contributed by atoms with Gasteiger partial charge in [0.15, 0.2) is 0 Å². The lowest BCUT2D eigenvalue weighted by atomic mass is 10.1. The van der Waals surface area contributed by atoms with Gasteiger partial charge >= 0.3 is 0 Å². The van der Waals surface area contributed by atoms with Crippen LogP contribution < -0.4 is 10.5 Å². The topological polar surface area (TPSA) is 48.1 Å². The zero-order chi connectivity index (χ0) is 13.8. The van der Waals surface area contributed by atoms with Crippen LogP contribution in [-0.4, -0.2) is 4.98 Å². The summed E-state index contributed by atoms with van der Waals surface area (Å²) in [5, 5.41) is 0.515. The Labute approximate surface area is 116 Å². The standard InChI is InChI=1S/C14H14ClFN2O/c1-9(17)12-3-2-11(16)6-14(12)19-8-10-4-5-18-7-13(10)15/h2-7,9H,8,17H2,1H3/t9-/m1/s1. The molecular formula is C14H14ClFN2O. The number of nitrogens with two attached hydrogens (primary N) is 1. The molecule has 19 heavy (non-hydrogen) atoms. The highest BCUT2D eigenvalue weighted by molar-refractivity contribution is 6.31. The highest BCUT2D eigenvalue weighted by Crippen LogP contribution is 2.26. The van der Waals surface area contributed by atoms with E-state index < -0.39 is 0 Å². The highest BCUT2D eigenvalue weighted by Gasteiger charge is 2.10. The molecule has 100 valence electrons. The smallest absolute Gasteiger partial charge is 0.127 e. The number of halogens is 2. The van der Waals surface area contributed by atoms with Gasteiger partial charge in [-0.05, 0) is 19.1 Å². The van der Waals surface area contributed by atoms with Crippen molar-refractivity contribution in [3.63, 3.8) is 0 Å². The monoisotopic (exact) mass is 280 g/mol. The Morgan fingerprint density at radius 2 is 2.21 bits per heavy atom. The van der Waals surface area contributed by atoms with Crippen molar-refractivity contribution in [2.24, 2.45) is 5.73 Å². The summed E-state index contributed by atoms with van der Waals surface area (Å²) >= 11 is 5.98. The zero-order valence-electron chi connectivity index (χ0n) is 10.4. The van der Waals surface area contributed by atoms with Crippen LogP contribution in [0.2, 0.25) is 5.02 Å². The number of benzene rings is 1. The maximum absolute atomic E-state index is 13.3. The number of ether oxygens (including phenoxy) is 1. The summed E-state index contributed by atoms with van der Waals surface area (Å²) in [6.45, 7) is 2.06. The second-order valence-electron chi connectivity index (χ2n) is 4.23. The Morgan fingerprint density at radius 1 is 1.42 bits per heavy atom. The number of hydrogen-bond acceptors (Lipinski definition) is 3. The van der Waals surface area contributed by atoms with Crippen molar-refractivity contribution in [3.05, 3.63) is 58.6 Å². The van der Waals surface area contributed by atoms with Crippen LogP contribution in [-0.2, 0) is 6.61 Å². The van der Waals surface area contributed by atoms with E-state index >= 15 is 0 Å². The van der Waals surface area contributed by atoms with E-state index in [1.165, 1.54) is 18.3 Å². The maximum atomic E-state index is 13.3. The van der Waals surface area contributed by atoms with E-state index in [9.17, 15) is 4.39 Å². The first-order valence-corrected chi connectivity index (χ1v) is 6.22. The molecule has 0 spiro atoms. The van der Waals surface area contributed by atoms with Gasteiger partial charge in [-0.2, -0.15) is 0 Å². The van der Waals surface area contributed by atoms with Crippen LogP contribution in [0.3, 0.4) is 0 Å². The minimum atomic E-state index is -0.361. The summed E-state index contributed by atoms with van der Waals surface area (Å²) in [5.41, 5.74) is 7.37. The molecule has 0 amide bonds. The van der Waals surface area contributed by atoms with E-state index in [1.54, 1.807) is 18.3 Å². The molecule has 0 aliphatic heterocycles. The van der Waals surface area contributed by atoms with Crippen molar-refractivity contribution < 1.29 is 9.13 Å². The number of nitrogens with zero attached hydrogens (tertiary/aromatic N) is 1. The van der Waals surface area contributed by atoms with Gasteiger partial charge in [-0.1, -0.05) is 17.7 Å². The third-order valence-corrected chi connectivity index (χ3v) is 3.05. The summed E-state index contributed by atoms with van der Waals surface area (Å²) in [6.07, 6.45) is 3.17. The molecule has 0 unspecified atom stereocenters. The molecule has 0 radical (unpaired) electrons. The van der Waals surface area contributed by atoms with Gasteiger partial charge in [-0.3, -0.25) is 4.98 Å². The Morgan fingerprint density at radius 3 is 2.89 bits per heavy atom. The molecule has 1 heterocycles. The number of pyridine rings is 1. The van der Waals surface area contributed by atoms with E-state index in [-0.39, 0.29) is 18.5 Å². The van der Waals surface area contributed by atoms with Crippen molar-refractivity contribution in [2.75, 3.05) is 0 Å². The molecule has 0 fully saturated rings. The molecule has 0 bridgehead atoms. The largest absolute Gasteiger partial charge is 0.488 e. The van der Waals surface area contributed by atoms with Crippen LogP contribution in [0.25, 0.3) is 0 Å². The van der Waals surface area contributed by atoms with Gasteiger partial charge in [0.1, 0.15) is 18.2 Å². The molecule has 0 aliphatic rings. The Bertz CT molecular complexity index is 575. The van der Waals surface area contributed by atoms with Gasteiger partial charge in [0, 0.05) is 35.6 Å². The maximum Gasteiger partial charge on any atom is 0.127 e. The predicted molar refractivity (Wildman–Crippen MR) is 72.6 cm³/mol. The highest BCUT2D eigenvalue weighted by atomic mass is 35.5. The van der Waals surface area contributed by atoms with E-state index in [2.05, 4.69) is 4.98 Å². The van der Waals surface area contributed by atoms with E-state index in [0.29, 0.717) is 10.8 Å². The lowest BCUT2D eigenvalue weighted by molar-refractivity contribution is 0.300. The molecule has 3 nitrogen and oxygen atoms in total. The number of rotatable bonds is 4. The minimum absolute atomic E-state index is 0.233. The first-order chi connectivity index (χ1) is 9.08. The SMILES string of the molecule is C[C@@H](N)c1ccc(F)cc1OCc1ccncc1Cl. The lowest BCUT2D eigenvalue weighted by Gasteiger charge is -2.14. The fourth-order valence-corrected chi connectivity index (χ4v) is 1.86. The third kappa shape index (κ3) is 3.43. The summed E-state index contributed by atoms with van der Waals surface area (Å²) in [4.78, 5) is 3.89. The Balaban J connectivity index is 2.19. The third-order valence-electron chi connectivity index (χ3n) is 2.71. The first-order valence-electron chi connectivity index (χ1n) is 5.84. The molecule has 2 N–H and O–H groups in total. The molecular weight excluding hydrogens is 267 g/mol. The quantitative estimate of drug-likeness (QED) is 0.933. The van der Waals surface area contributed by atoms with Crippen molar-refractivity contribution in [1.29, 1.82) is 0 Å². The molecule has 1 atom stereocenters. The molecule has 0 saturated heterocycles. The van der Waals surface area contributed by atoms with Gasteiger partial charge in [-0.15, -0.1) is 0 Å². The van der Waals surface area contributed by atoms with Crippen molar-refractivity contribution in [3.8, 4) is 5.75 Å². The van der Waals surface area contributed by atoms with Crippen molar-refractivity contribution >= 4 is 11.6 Å². The summed E-state index contributed by atoms with van der Waals surface area (Å²) in [5.74, 6) is 0.0723. The van der Waals surface area contributed by atoms with Gasteiger partial charge in [0.05, 0.1) is 5.02 Å². The van der Waals surface area contributed by atoms with E-state index in [1.807, 2.05) is 6.92 Å². The molecule has 0 saturated carbocycles. The summed E-state index contributed by atoms with van der Waals surface area (Å²) in [7, 11) is 0.